The van der Waals surface area contributed by atoms with Crippen LogP contribution in [0.25, 0.3) is 0 Å². The first kappa shape index (κ1) is 18.7. The van der Waals surface area contributed by atoms with Crippen LogP contribution in [-0.2, 0) is 0 Å². The summed E-state index contributed by atoms with van der Waals surface area (Å²) in [4.78, 5) is 0. The second-order valence-corrected chi connectivity index (χ2v) is 9.89. The third-order valence-corrected chi connectivity index (χ3v) is 7.81. The molecule has 0 aromatic rings. The van der Waals surface area contributed by atoms with Gasteiger partial charge in [0.25, 0.3) is 0 Å². The van der Waals surface area contributed by atoms with Crippen LogP contribution in [0, 0.1) is 23.7 Å². The Morgan fingerprint density at radius 2 is 1.12 bits per heavy atom. The van der Waals surface area contributed by atoms with Gasteiger partial charge >= 0.3 is 0 Å². The monoisotopic (exact) mass is 394 g/mol. The average Bonchev–Trinajstić information content (AvgIpc) is 3.38. The SMILES string of the molecule is S=C(NCCCCNC(=S)N[C@@H]1C[C@@H]2CC[C@@H]1C2)N[C@H]1C[C@@H]2CC[C@H]1C2. The molecule has 4 bridgehead atoms. The maximum Gasteiger partial charge on any atom is 0.166 e. The van der Waals surface area contributed by atoms with Crippen molar-refractivity contribution in [2.24, 2.45) is 23.7 Å². The van der Waals surface area contributed by atoms with Gasteiger partial charge in [-0.05, 0) is 99.5 Å². The topological polar surface area (TPSA) is 48.1 Å². The molecule has 4 saturated carbocycles. The molecule has 0 unspecified atom stereocenters. The zero-order valence-electron chi connectivity index (χ0n) is 15.8. The maximum atomic E-state index is 5.46. The van der Waals surface area contributed by atoms with Gasteiger partial charge in [-0.2, -0.15) is 0 Å². The van der Waals surface area contributed by atoms with E-state index >= 15 is 0 Å². The molecule has 0 aromatic heterocycles. The number of rotatable bonds is 7. The van der Waals surface area contributed by atoms with Crippen molar-refractivity contribution in [3.63, 3.8) is 0 Å². The van der Waals surface area contributed by atoms with Gasteiger partial charge in [-0.3, -0.25) is 0 Å². The molecule has 0 heterocycles. The van der Waals surface area contributed by atoms with Crippen LogP contribution in [0.1, 0.15) is 64.2 Å². The molecule has 0 radical (unpaired) electrons. The molecule has 4 rings (SSSR count). The van der Waals surface area contributed by atoms with E-state index in [4.69, 9.17) is 24.4 Å². The number of thiocarbonyl (C=S) groups is 2. The molecule has 0 aromatic carbocycles. The largest absolute Gasteiger partial charge is 0.363 e. The third-order valence-electron chi connectivity index (χ3n) is 7.28. The van der Waals surface area contributed by atoms with E-state index in [0.29, 0.717) is 12.1 Å². The molecule has 4 aliphatic rings. The van der Waals surface area contributed by atoms with Gasteiger partial charge in [0, 0.05) is 25.2 Å². The summed E-state index contributed by atoms with van der Waals surface area (Å²) >= 11 is 10.9. The molecule has 6 heteroatoms. The molecule has 0 saturated heterocycles. The van der Waals surface area contributed by atoms with Crippen molar-refractivity contribution in [2.45, 2.75) is 76.3 Å². The fourth-order valence-corrected chi connectivity index (χ4v) is 6.44. The van der Waals surface area contributed by atoms with Gasteiger partial charge in [0.2, 0.25) is 0 Å². The molecular formula is C20H34N4S2. The zero-order chi connectivity index (χ0) is 17.9. The molecule has 0 aliphatic heterocycles. The summed E-state index contributed by atoms with van der Waals surface area (Å²) in [5, 5.41) is 15.6. The molecule has 4 aliphatic carbocycles. The fraction of sp³-hybridized carbons (Fsp3) is 0.900. The second kappa shape index (κ2) is 8.59. The summed E-state index contributed by atoms with van der Waals surface area (Å²) < 4.78 is 0. The summed E-state index contributed by atoms with van der Waals surface area (Å²) in [7, 11) is 0. The van der Waals surface area contributed by atoms with Crippen LogP contribution in [0.3, 0.4) is 0 Å². The van der Waals surface area contributed by atoms with Crippen molar-refractivity contribution in [1.82, 2.24) is 21.3 Å². The predicted molar refractivity (Wildman–Crippen MR) is 115 cm³/mol. The van der Waals surface area contributed by atoms with E-state index in [1.807, 2.05) is 0 Å². The summed E-state index contributed by atoms with van der Waals surface area (Å²) in [6.45, 7) is 1.89. The van der Waals surface area contributed by atoms with Crippen molar-refractivity contribution in [1.29, 1.82) is 0 Å². The van der Waals surface area contributed by atoms with E-state index in [1.165, 1.54) is 51.4 Å². The summed E-state index contributed by atoms with van der Waals surface area (Å²) in [5.41, 5.74) is 0. The molecule has 4 fully saturated rings. The van der Waals surface area contributed by atoms with Crippen LogP contribution in [-0.4, -0.2) is 35.4 Å². The number of hydrogen-bond donors (Lipinski definition) is 4. The van der Waals surface area contributed by atoms with Crippen molar-refractivity contribution < 1.29 is 0 Å². The fourth-order valence-electron chi connectivity index (χ4n) is 5.94. The summed E-state index contributed by atoms with van der Waals surface area (Å²) in [6.07, 6.45) is 13.4. The maximum absolute atomic E-state index is 5.46. The third kappa shape index (κ3) is 4.61. The number of unbranched alkanes of at least 4 members (excludes halogenated alkanes) is 1. The lowest BCUT2D eigenvalue weighted by atomic mass is 9.96. The van der Waals surface area contributed by atoms with Crippen molar-refractivity contribution in [3.8, 4) is 0 Å². The molecule has 4 N–H and O–H groups in total. The highest BCUT2D eigenvalue weighted by Gasteiger charge is 2.40. The quantitative estimate of drug-likeness (QED) is 0.393. The minimum Gasteiger partial charge on any atom is -0.363 e. The van der Waals surface area contributed by atoms with Gasteiger partial charge < -0.3 is 21.3 Å². The highest BCUT2D eigenvalue weighted by atomic mass is 32.1. The lowest BCUT2D eigenvalue weighted by Crippen LogP contribution is -2.45. The zero-order valence-corrected chi connectivity index (χ0v) is 17.4. The van der Waals surface area contributed by atoms with Gasteiger partial charge in [0.15, 0.2) is 10.2 Å². The molecule has 146 valence electrons. The highest BCUT2D eigenvalue weighted by molar-refractivity contribution is 7.80. The van der Waals surface area contributed by atoms with E-state index in [-0.39, 0.29) is 0 Å². The summed E-state index contributed by atoms with van der Waals surface area (Å²) in [5.74, 6) is 3.66. The lowest BCUT2D eigenvalue weighted by Gasteiger charge is -2.25. The van der Waals surface area contributed by atoms with E-state index < -0.39 is 0 Å². The van der Waals surface area contributed by atoms with E-state index in [9.17, 15) is 0 Å². The Hall–Kier alpha value is -0.620. The molecule has 4 nitrogen and oxygen atoms in total. The number of fused-ring (bicyclic) bond motifs is 4. The molecular weight excluding hydrogens is 360 g/mol. The Morgan fingerprint density at radius 1 is 0.654 bits per heavy atom. The Morgan fingerprint density at radius 3 is 1.46 bits per heavy atom. The Kier molecular flexibility index (Phi) is 6.19. The molecule has 6 atom stereocenters. The highest BCUT2D eigenvalue weighted by Crippen LogP contribution is 2.45. The van der Waals surface area contributed by atoms with Crippen LogP contribution in [0.2, 0.25) is 0 Å². The van der Waals surface area contributed by atoms with E-state index in [0.717, 1.165) is 59.8 Å². The molecule has 0 spiro atoms. The van der Waals surface area contributed by atoms with Crippen molar-refractivity contribution in [2.75, 3.05) is 13.1 Å². The first-order chi connectivity index (χ1) is 12.7. The first-order valence-electron chi connectivity index (χ1n) is 10.8. The van der Waals surface area contributed by atoms with Crippen molar-refractivity contribution >= 4 is 34.7 Å². The Labute approximate surface area is 169 Å². The van der Waals surface area contributed by atoms with Crippen LogP contribution in [0.5, 0.6) is 0 Å². The minimum absolute atomic E-state index is 0.629. The van der Waals surface area contributed by atoms with Gasteiger partial charge in [0.05, 0.1) is 0 Å². The van der Waals surface area contributed by atoms with Gasteiger partial charge in [0.1, 0.15) is 0 Å². The first-order valence-corrected chi connectivity index (χ1v) is 11.6. The minimum atomic E-state index is 0.629. The van der Waals surface area contributed by atoms with Crippen LogP contribution in [0.15, 0.2) is 0 Å². The second-order valence-electron chi connectivity index (χ2n) is 9.07. The number of hydrogen-bond acceptors (Lipinski definition) is 2. The average molecular weight is 395 g/mol. The van der Waals surface area contributed by atoms with Crippen LogP contribution in [0.4, 0.5) is 0 Å². The van der Waals surface area contributed by atoms with Crippen molar-refractivity contribution in [3.05, 3.63) is 0 Å². The van der Waals surface area contributed by atoms with E-state index in [2.05, 4.69) is 21.3 Å². The lowest BCUT2D eigenvalue weighted by molar-refractivity contribution is 0.388. The Bertz CT molecular complexity index is 480. The predicted octanol–water partition coefficient (Wildman–Crippen LogP) is 3.07. The van der Waals surface area contributed by atoms with Crippen LogP contribution >= 0.6 is 24.4 Å². The van der Waals surface area contributed by atoms with Gasteiger partial charge in [-0.15, -0.1) is 0 Å². The smallest absolute Gasteiger partial charge is 0.166 e. The normalized spacial score (nSPS) is 36.9. The van der Waals surface area contributed by atoms with Crippen LogP contribution < -0.4 is 21.3 Å². The standard InChI is InChI=1S/C20H34N4S2/c25-19(23-17-11-13-3-5-15(17)9-13)21-7-1-2-8-22-20(26)24-18-12-14-4-6-16(18)10-14/h13-18H,1-12H2,(H2,21,23,25)(H2,22,24,26)/t13-,14-,15-,16+,17-,18+/m1/s1. The molecule has 26 heavy (non-hydrogen) atoms. The van der Waals surface area contributed by atoms with Gasteiger partial charge in [-0.1, -0.05) is 12.8 Å². The summed E-state index contributed by atoms with van der Waals surface area (Å²) in [6, 6.07) is 1.26. The number of nitrogens with one attached hydrogen (secondary N) is 4. The Balaban J connectivity index is 1.01. The van der Waals surface area contributed by atoms with Gasteiger partial charge in [-0.25, -0.2) is 0 Å². The van der Waals surface area contributed by atoms with E-state index in [1.54, 1.807) is 0 Å². The molecule has 0 amide bonds.